The highest BCUT2D eigenvalue weighted by molar-refractivity contribution is 7.13. The first-order chi connectivity index (χ1) is 9.00. The van der Waals surface area contributed by atoms with Gasteiger partial charge in [-0.25, -0.2) is 9.78 Å². The zero-order valence-electron chi connectivity index (χ0n) is 9.51. The van der Waals surface area contributed by atoms with Crippen LogP contribution in [0.3, 0.4) is 0 Å². The number of aromatic carboxylic acids is 1. The quantitative estimate of drug-likeness (QED) is 0.668. The minimum absolute atomic E-state index is 0.253. The summed E-state index contributed by atoms with van der Waals surface area (Å²) in [7, 11) is 0. The number of alkyl halides is 6. The van der Waals surface area contributed by atoms with Crippen LogP contribution in [0, 0.1) is 0 Å². The third-order valence-corrected chi connectivity index (χ3v) is 2.96. The molecular formula is C9H7F6NO3S. The second-order valence-electron chi connectivity index (χ2n) is 3.51. The van der Waals surface area contributed by atoms with Crippen molar-refractivity contribution in [1.82, 2.24) is 4.98 Å². The molecule has 0 atom stereocenters. The number of hydrogen-bond acceptors (Lipinski definition) is 4. The molecule has 0 amide bonds. The van der Waals surface area contributed by atoms with Gasteiger partial charge in [0.25, 0.3) is 0 Å². The largest absolute Gasteiger partial charge is 0.477 e. The maximum absolute atomic E-state index is 12.5. The van der Waals surface area contributed by atoms with E-state index >= 15 is 0 Å². The lowest BCUT2D eigenvalue weighted by atomic mass is 10.3. The van der Waals surface area contributed by atoms with Crippen molar-refractivity contribution in [2.24, 2.45) is 0 Å². The number of hydrogen-bond donors (Lipinski definition) is 1. The van der Waals surface area contributed by atoms with Gasteiger partial charge in [0, 0.05) is 6.42 Å². The van der Waals surface area contributed by atoms with Gasteiger partial charge in [-0.2, -0.15) is 26.3 Å². The molecule has 11 heteroatoms. The molecular weight excluding hydrogens is 316 g/mol. The van der Waals surface area contributed by atoms with E-state index in [9.17, 15) is 31.1 Å². The molecule has 0 saturated heterocycles. The molecule has 0 bridgehead atoms. The lowest BCUT2D eigenvalue weighted by Crippen LogP contribution is -2.18. The molecule has 0 aromatic carbocycles. The van der Waals surface area contributed by atoms with Crippen LogP contribution in [0.1, 0.15) is 20.4 Å². The summed E-state index contributed by atoms with van der Waals surface area (Å²) < 4.78 is 76.9. The van der Waals surface area contributed by atoms with Crippen molar-refractivity contribution in [2.45, 2.75) is 18.8 Å². The number of carboxylic acid groups (broad SMARTS) is 1. The fourth-order valence-electron chi connectivity index (χ4n) is 1.16. The molecule has 1 N–H and O–H groups in total. The van der Waals surface area contributed by atoms with Crippen molar-refractivity contribution in [3.8, 4) is 0 Å². The third kappa shape index (κ3) is 4.96. The number of carboxylic acids is 1. The van der Waals surface area contributed by atoms with Gasteiger partial charge in [-0.1, -0.05) is 0 Å². The Hall–Kier alpha value is -1.36. The Morgan fingerprint density at radius 2 is 1.85 bits per heavy atom. The molecule has 0 aliphatic heterocycles. The maximum Gasteiger partial charge on any atom is 0.435 e. The standard InChI is InChI=1S/C9H7F6NO3S/c10-8(11,12)3-19-2-1-4-16-6(9(13,14)15)5(20-4)7(17)18/h1-3H2,(H,17,18). The normalized spacial score (nSPS) is 12.7. The summed E-state index contributed by atoms with van der Waals surface area (Å²) in [5.74, 6) is -1.79. The number of nitrogens with zero attached hydrogens (tertiary/aromatic N) is 1. The second kappa shape index (κ2) is 5.95. The molecule has 0 unspecified atom stereocenters. The first kappa shape index (κ1) is 16.7. The smallest absolute Gasteiger partial charge is 0.435 e. The SMILES string of the molecule is O=C(O)c1sc(CCOCC(F)(F)F)nc1C(F)(F)F. The molecule has 0 aliphatic rings. The molecule has 0 spiro atoms. The Labute approximate surface area is 112 Å². The summed E-state index contributed by atoms with van der Waals surface area (Å²) in [4.78, 5) is 12.7. The van der Waals surface area contributed by atoms with Crippen LogP contribution >= 0.6 is 11.3 Å². The molecule has 1 aromatic rings. The van der Waals surface area contributed by atoms with Crippen molar-refractivity contribution in [2.75, 3.05) is 13.2 Å². The number of thiazole rings is 1. The zero-order chi connectivity index (χ0) is 15.6. The summed E-state index contributed by atoms with van der Waals surface area (Å²) in [5.41, 5.74) is -1.55. The number of halogens is 6. The van der Waals surface area contributed by atoms with Gasteiger partial charge in [0.1, 0.15) is 11.5 Å². The molecule has 0 saturated carbocycles. The average molecular weight is 323 g/mol. The first-order valence-electron chi connectivity index (χ1n) is 4.95. The minimum Gasteiger partial charge on any atom is -0.477 e. The minimum atomic E-state index is -4.94. The second-order valence-corrected chi connectivity index (χ2v) is 4.59. The van der Waals surface area contributed by atoms with Crippen LogP contribution in [0.25, 0.3) is 0 Å². The van der Waals surface area contributed by atoms with Crippen molar-refractivity contribution >= 4 is 17.3 Å². The van der Waals surface area contributed by atoms with Gasteiger partial charge in [-0.15, -0.1) is 11.3 Å². The van der Waals surface area contributed by atoms with Crippen LogP contribution in [0.4, 0.5) is 26.3 Å². The van der Waals surface area contributed by atoms with Gasteiger partial charge in [0.15, 0.2) is 5.69 Å². The van der Waals surface area contributed by atoms with Crippen LogP contribution in [0.15, 0.2) is 0 Å². The fraction of sp³-hybridized carbons (Fsp3) is 0.556. The van der Waals surface area contributed by atoms with Gasteiger partial charge in [0.2, 0.25) is 0 Å². The topological polar surface area (TPSA) is 59.4 Å². The van der Waals surface area contributed by atoms with E-state index in [0.29, 0.717) is 0 Å². The molecule has 0 radical (unpaired) electrons. The lowest BCUT2D eigenvalue weighted by molar-refractivity contribution is -0.173. The van der Waals surface area contributed by atoms with E-state index in [4.69, 9.17) is 5.11 Å². The van der Waals surface area contributed by atoms with Gasteiger partial charge in [0.05, 0.1) is 11.6 Å². The van der Waals surface area contributed by atoms with Crippen LogP contribution in [0.5, 0.6) is 0 Å². The summed E-state index contributed by atoms with van der Waals surface area (Å²) in [6.07, 6.45) is -9.81. The Bertz CT molecular complexity index is 481. The van der Waals surface area contributed by atoms with E-state index in [1.54, 1.807) is 0 Å². The van der Waals surface area contributed by atoms with Gasteiger partial charge < -0.3 is 9.84 Å². The Morgan fingerprint density at radius 1 is 1.25 bits per heavy atom. The van der Waals surface area contributed by atoms with Gasteiger partial charge in [-0.05, 0) is 0 Å². The lowest BCUT2D eigenvalue weighted by Gasteiger charge is -2.06. The average Bonchev–Trinajstić information content (AvgIpc) is 2.67. The fourth-order valence-corrected chi connectivity index (χ4v) is 2.06. The van der Waals surface area contributed by atoms with Crippen molar-refractivity contribution in [3.05, 3.63) is 15.6 Å². The van der Waals surface area contributed by atoms with E-state index in [1.165, 1.54) is 0 Å². The highest BCUT2D eigenvalue weighted by Gasteiger charge is 2.39. The van der Waals surface area contributed by atoms with Gasteiger partial charge >= 0.3 is 18.3 Å². The molecule has 4 nitrogen and oxygen atoms in total. The number of aromatic nitrogens is 1. The van der Waals surface area contributed by atoms with Crippen LogP contribution in [-0.4, -0.2) is 35.4 Å². The van der Waals surface area contributed by atoms with E-state index in [1.807, 2.05) is 0 Å². The number of rotatable bonds is 5. The van der Waals surface area contributed by atoms with E-state index in [2.05, 4.69) is 9.72 Å². The monoisotopic (exact) mass is 323 g/mol. The Morgan fingerprint density at radius 3 is 2.25 bits per heavy atom. The maximum atomic E-state index is 12.5. The summed E-state index contributed by atoms with van der Waals surface area (Å²) >= 11 is 0.261. The van der Waals surface area contributed by atoms with Crippen LogP contribution < -0.4 is 0 Å². The highest BCUT2D eigenvalue weighted by atomic mass is 32.1. The summed E-state index contributed by atoms with van der Waals surface area (Å²) in [6.45, 7) is -2.04. The van der Waals surface area contributed by atoms with Gasteiger partial charge in [-0.3, -0.25) is 0 Å². The molecule has 1 heterocycles. The summed E-state index contributed by atoms with van der Waals surface area (Å²) in [5, 5.41) is 8.36. The van der Waals surface area contributed by atoms with E-state index in [-0.39, 0.29) is 22.8 Å². The van der Waals surface area contributed by atoms with Crippen molar-refractivity contribution in [1.29, 1.82) is 0 Å². The Kier molecular flexibility index (Phi) is 4.97. The summed E-state index contributed by atoms with van der Waals surface area (Å²) in [6, 6.07) is 0. The molecule has 20 heavy (non-hydrogen) atoms. The van der Waals surface area contributed by atoms with Crippen LogP contribution in [0.2, 0.25) is 0 Å². The van der Waals surface area contributed by atoms with Crippen molar-refractivity contribution in [3.63, 3.8) is 0 Å². The predicted molar refractivity (Wildman–Crippen MR) is 54.7 cm³/mol. The zero-order valence-corrected chi connectivity index (χ0v) is 10.3. The highest BCUT2D eigenvalue weighted by Crippen LogP contribution is 2.34. The van der Waals surface area contributed by atoms with E-state index < -0.39 is 42.1 Å². The molecule has 1 aromatic heterocycles. The number of ether oxygens (including phenoxy) is 1. The molecule has 0 fully saturated rings. The molecule has 0 aliphatic carbocycles. The third-order valence-electron chi connectivity index (χ3n) is 1.86. The first-order valence-corrected chi connectivity index (χ1v) is 5.77. The molecule has 114 valence electrons. The van der Waals surface area contributed by atoms with E-state index in [0.717, 1.165) is 0 Å². The number of carbonyl (C=O) groups is 1. The van der Waals surface area contributed by atoms with Crippen LogP contribution in [-0.2, 0) is 17.3 Å². The van der Waals surface area contributed by atoms with Crippen molar-refractivity contribution < 1.29 is 41.0 Å². The molecule has 1 rings (SSSR count). The predicted octanol–water partition coefficient (Wildman–Crippen LogP) is 2.98. The Balaban J connectivity index is 2.71.